The summed E-state index contributed by atoms with van der Waals surface area (Å²) in [5, 5.41) is 12.4. The van der Waals surface area contributed by atoms with Crippen molar-refractivity contribution in [3.05, 3.63) is 27.3 Å². The van der Waals surface area contributed by atoms with E-state index in [0.717, 1.165) is 0 Å². The Bertz CT molecular complexity index is 408. The minimum atomic E-state index is -0.242. The van der Waals surface area contributed by atoms with E-state index in [2.05, 4.69) is 5.32 Å². The molecule has 0 aliphatic carbocycles. The van der Waals surface area contributed by atoms with Gasteiger partial charge in [0.15, 0.2) is 0 Å². The summed E-state index contributed by atoms with van der Waals surface area (Å²) < 4.78 is 5.72. The number of nitrogens with one attached hydrogen (secondary N) is 1. The monoisotopic (exact) mass is 383 g/mol. The summed E-state index contributed by atoms with van der Waals surface area (Å²) in [5.41, 5.74) is 0.420. The third-order valence-electron chi connectivity index (χ3n) is 2.37. The van der Waals surface area contributed by atoms with Gasteiger partial charge >= 0.3 is 0 Å². The van der Waals surface area contributed by atoms with Gasteiger partial charge in [0.05, 0.1) is 16.2 Å². The van der Waals surface area contributed by atoms with Crippen LogP contribution >= 0.6 is 34.2 Å². The lowest BCUT2D eigenvalue weighted by atomic mass is 10.1. The van der Waals surface area contributed by atoms with Gasteiger partial charge in [-0.1, -0.05) is 0 Å². The molecule has 1 unspecified atom stereocenters. The first-order valence-electron chi connectivity index (χ1n) is 5.42. The number of hydrogen-bond acceptors (Lipinski definition) is 3. The third kappa shape index (κ3) is 4.62. The Kier molecular flexibility index (Phi) is 6.73. The summed E-state index contributed by atoms with van der Waals surface area (Å²) in [5.74, 6) is 0.310. The molecule has 0 fully saturated rings. The predicted octanol–water partition coefficient (Wildman–Crippen LogP) is 2.37. The quantitative estimate of drug-likeness (QED) is 0.586. The highest BCUT2D eigenvalue weighted by atomic mass is 127. The average molecular weight is 384 g/mol. The molecule has 100 valence electrons. The number of ether oxygens (including phenoxy) is 1. The van der Waals surface area contributed by atoms with E-state index in [9.17, 15) is 9.90 Å². The van der Waals surface area contributed by atoms with Crippen LogP contribution in [0.5, 0.6) is 5.75 Å². The molecule has 0 aliphatic rings. The minimum absolute atomic E-state index is 0.101. The summed E-state index contributed by atoms with van der Waals surface area (Å²) in [4.78, 5) is 11.9. The molecule has 0 saturated heterocycles. The SMILES string of the molecule is COCC(CCCl)NC(=O)c1ccc(I)c(O)c1. The molecule has 1 rings (SSSR count). The standard InChI is InChI=1S/C12H15ClINO3/c1-18-7-9(4-5-13)15-12(17)8-2-3-10(14)11(16)6-8/h2-3,6,9,16H,4-5,7H2,1H3,(H,15,17). The van der Waals surface area contributed by atoms with E-state index in [1.165, 1.54) is 6.07 Å². The van der Waals surface area contributed by atoms with E-state index < -0.39 is 0 Å². The Labute approximate surface area is 125 Å². The molecule has 0 radical (unpaired) electrons. The smallest absolute Gasteiger partial charge is 0.251 e. The van der Waals surface area contributed by atoms with Gasteiger partial charge in [0.25, 0.3) is 5.91 Å². The Morgan fingerprint density at radius 1 is 1.61 bits per heavy atom. The van der Waals surface area contributed by atoms with Crippen LogP contribution in [0.3, 0.4) is 0 Å². The van der Waals surface area contributed by atoms with Crippen molar-refractivity contribution in [1.82, 2.24) is 5.32 Å². The number of benzene rings is 1. The van der Waals surface area contributed by atoms with E-state index in [4.69, 9.17) is 16.3 Å². The maximum Gasteiger partial charge on any atom is 0.251 e. The first-order valence-corrected chi connectivity index (χ1v) is 7.04. The molecular formula is C12H15ClINO3. The predicted molar refractivity (Wildman–Crippen MR) is 79.3 cm³/mol. The van der Waals surface area contributed by atoms with Crippen LogP contribution in [0.15, 0.2) is 18.2 Å². The zero-order valence-electron chi connectivity index (χ0n) is 9.95. The average Bonchev–Trinajstić information content (AvgIpc) is 2.33. The Morgan fingerprint density at radius 2 is 2.33 bits per heavy atom. The first-order chi connectivity index (χ1) is 8.58. The van der Waals surface area contributed by atoms with Crippen LogP contribution in [-0.4, -0.2) is 36.7 Å². The molecule has 0 spiro atoms. The number of carbonyl (C=O) groups is 1. The van der Waals surface area contributed by atoms with Crippen LogP contribution < -0.4 is 5.32 Å². The van der Waals surface area contributed by atoms with Gasteiger partial charge in [0.2, 0.25) is 0 Å². The lowest BCUT2D eigenvalue weighted by Crippen LogP contribution is -2.38. The summed E-state index contributed by atoms with van der Waals surface area (Å²) in [6.07, 6.45) is 0.636. The number of amides is 1. The normalized spacial score (nSPS) is 12.2. The van der Waals surface area contributed by atoms with Crippen molar-refractivity contribution in [2.24, 2.45) is 0 Å². The van der Waals surface area contributed by atoms with Crippen molar-refractivity contribution in [2.75, 3.05) is 19.6 Å². The number of hydrogen-bond donors (Lipinski definition) is 2. The lowest BCUT2D eigenvalue weighted by Gasteiger charge is -2.16. The second-order valence-electron chi connectivity index (χ2n) is 3.77. The first kappa shape index (κ1) is 15.5. The van der Waals surface area contributed by atoms with Crippen LogP contribution in [0, 0.1) is 3.57 Å². The Balaban J connectivity index is 2.70. The molecule has 18 heavy (non-hydrogen) atoms. The fraction of sp³-hybridized carbons (Fsp3) is 0.417. The highest BCUT2D eigenvalue weighted by Gasteiger charge is 2.14. The van der Waals surface area contributed by atoms with Crippen LogP contribution in [0.2, 0.25) is 0 Å². The summed E-state index contributed by atoms with van der Waals surface area (Å²) in [6, 6.07) is 4.68. The van der Waals surface area contributed by atoms with Crippen LogP contribution in [0.25, 0.3) is 0 Å². The van der Waals surface area contributed by atoms with Gasteiger partial charge in [0.1, 0.15) is 5.75 Å². The van der Waals surface area contributed by atoms with E-state index in [1.807, 2.05) is 22.6 Å². The summed E-state index contributed by atoms with van der Waals surface area (Å²) in [7, 11) is 1.57. The van der Waals surface area contributed by atoms with Crippen molar-refractivity contribution >= 4 is 40.1 Å². The molecule has 2 N–H and O–H groups in total. The molecule has 4 nitrogen and oxygen atoms in total. The van der Waals surface area contributed by atoms with Crippen molar-refractivity contribution in [2.45, 2.75) is 12.5 Å². The number of carbonyl (C=O) groups excluding carboxylic acids is 1. The molecule has 6 heteroatoms. The summed E-state index contributed by atoms with van der Waals surface area (Å²) in [6.45, 7) is 0.412. The topological polar surface area (TPSA) is 58.6 Å². The summed E-state index contributed by atoms with van der Waals surface area (Å²) >= 11 is 7.66. The number of alkyl halides is 1. The zero-order valence-corrected chi connectivity index (χ0v) is 12.9. The highest BCUT2D eigenvalue weighted by molar-refractivity contribution is 14.1. The maximum atomic E-state index is 11.9. The second kappa shape index (κ2) is 7.81. The van der Waals surface area contributed by atoms with Crippen LogP contribution in [0.1, 0.15) is 16.8 Å². The van der Waals surface area contributed by atoms with Gasteiger partial charge in [-0.15, -0.1) is 11.6 Å². The Hall–Kier alpha value is -0.530. The van der Waals surface area contributed by atoms with E-state index in [1.54, 1.807) is 19.2 Å². The lowest BCUT2D eigenvalue weighted by molar-refractivity contribution is 0.0894. The number of aromatic hydroxyl groups is 1. The second-order valence-corrected chi connectivity index (χ2v) is 5.31. The third-order valence-corrected chi connectivity index (χ3v) is 3.50. The fourth-order valence-corrected chi connectivity index (χ4v) is 2.05. The van der Waals surface area contributed by atoms with Crippen LogP contribution in [-0.2, 0) is 4.74 Å². The van der Waals surface area contributed by atoms with E-state index in [0.29, 0.717) is 28.0 Å². The van der Waals surface area contributed by atoms with Gasteiger partial charge < -0.3 is 15.2 Å². The number of halogens is 2. The van der Waals surface area contributed by atoms with Gasteiger partial charge in [-0.3, -0.25) is 4.79 Å². The molecule has 0 aromatic heterocycles. The molecule has 0 saturated carbocycles. The molecule has 0 aliphatic heterocycles. The van der Waals surface area contributed by atoms with Gasteiger partial charge in [0, 0.05) is 18.6 Å². The van der Waals surface area contributed by atoms with Crippen molar-refractivity contribution < 1.29 is 14.6 Å². The number of phenolic OH excluding ortho intramolecular Hbond substituents is 1. The van der Waals surface area contributed by atoms with Gasteiger partial charge in [-0.05, 0) is 47.2 Å². The molecule has 1 atom stereocenters. The molecule has 1 amide bonds. The van der Waals surface area contributed by atoms with Crippen LogP contribution in [0.4, 0.5) is 0 Å². The molecule has 0 bridgehead atoms. The number of rotatable bonds is 6. The molecule has 1 aromatic rings. The van der Waals surface area contributed by atoms with E-state index in [-0.39, 0.29) is 17.7 Å². The van der Waals surface area contributed by atoms with Crippen molar-refractivity contribution in [3.63, 3.8) is 0 Å². The molecular weight excluding hydrogens is 368 g/mol. The Morgan fingerprint density at radius 3 is 2.89 bits per heavy atom. The number of methoxy groups -OCH3 is 1. The van der Waals surface area contributed by atoms with Crippen molar-refractivity contribution in [3.8, 4) is 5.75 Å². The zero-order chi connectivity index (χ0) is 13.5. The maximum absolute atomic E-state index is 11.9. The van der Waals surface area contributed by atoms with E-state index >= 15 is 0 Å². The van der Waals surface area contributed by atoms with Gasteiger partial charge in [-0.2, -0.15) is 0 Å². The molecule has 1 aromatic carbocycles. The molecule has 0 heterocycles. The van der Waals surface area contributed by atoms with Crippen molar-refractivity contribution in [1.29, 1.82) is 0 Å². The minimum Gasteiger partial charge on any atom is -0.507 e. The number of phenols is 1. The largest absolute Gasteiger partial charge is 0.507 e. The van der Waals surface area contributed by atoms with Gasteiger partial charge in [-0.25, -0.2) is 0 Å². The highest BCUT2D eigenvalue weighted by Crippen LogP contribution is 2.20. The fourth-order valence-electron chi connectivity index (χ4n) is 1.45.